The van der Waals surface area contributed by atoms with Crippen molar-refractivity contribution in [1.82, 2.24) is 0 Å². The van der Waals surface area contributed by atoms with Crippen molar-refractivity contribution in [3.05, 3.63) is 0 Å². The summed E-state index contributed by atoms with van der Waals surface area (Å²) in [5.41, 5.74) is 0. The maximum absolute atomic E-state index is 0. The van der Waals surface area contributed by atoms with E-state index < -0.39 is 0 Å². The van der Waals surface area contributed by atoms with Gasteiger partial charge in [-0.1, -0.05) is 0 Å². The summed E-state index contributed by atoms with van der Waals surface area (Å²) in [6, 6.07) is 0. The number of rotatable bonds is 0. The van der Waals surface area contributed by atoms with E-state index in [0.29, 0.717) is 0 Å². The van der Waals surface area contributed by atoms with Gasteiger partial charge in [-0.05, 0) is 0 Å². The Bertz CT molecular complexity index is 4.83. The van der Waals surface area contributed by atoms with Gasteiger partial charge in [0.05, 0.1) is 0 Å². The predicted octanol–water partition coefficient (Wildman–Crippen LogP) is -8.63. The molecule has 11 heavy (non-hydrogen) atoms. The third kappa shape index (κ3) is 1150. The summed E-state index contributed by atoms with van der Waals surface area (Å²) in [7, 11) is 0. The minimum atomic E-state index is 0. The fraction of sp³-hybridized carbons (Fsp3) is 0. The summed E-state index contributed by atoms with van der Waals surface area (Å²) in [6.45, 7) is 0. The van der Waals surface area contributed by atoms with Crippen LogP contribution in [0.25, 0.3) is 0 Å². The van der Waals surface area contributed by atoms with Crippen molar-refractivity contribution in [2.45, 2.75) is 0 Å². The molecule has 0 rings (SSSR count). The molecule has 0 atom stereocenters. The van der Waals surface area contributed by atoms with Gasteiger partial charge in [-0.2, -0.15) is 0 Å². The van der Waals surface area contributed by atoms with Gasteiger partial charge >= 0.3 is 37.7 Å². The Hall–Kier alpha value is 0.860. The molecule has 0 aromatic rings. The molecule has 0 aliphatic rings. The van der Waals surface area contributed by atoms with Gasteiger partial charge in [0.2, 0.25) is 0 Å². The molecule has 11 heteroatoms. The monoisotopic (exact) mass is 220 g/mol. The Morgan fingerprint density at radius 1 is 0.182 bits per heavy atom. The Balaban J connectivity index is 0. The standard InChI is InChI=1S/Ca.10H2O/h;10*1H2/q+2;;;;;;;;;;. The summed E-state index contributed by atoms with van der Waals surface area (Å²) in [6.07, 6.45) is 0. The zero-order chi connectivity index (χ0) is 0. The van der Waals surface area contributed by atoms with Gasteiger partial charge in [-0.15, -0.1) is 0 Å². The van der Waals surface area contributed by atoms with Crippen molar-refractivity contribution < 1.29 is 54.8 Å². The first-order valence-corrected chi connectivity index (χ1v) is 0. The first-order chi connectivity index (χ1) is 0. The van der Waals surface area contributed by atoms with Gasteiger partial charge in [-0.3, -0.25) is 0 Å². The van der Waals surface area contributed by atoms with Crippen molar-refractivity contribution in [2.24, 2.45) is 0 Å². The molecule has 0 bridgehead atoms. The Labute approximate surface area is 92.3 Å². The van der Waals surface area contributed by atoms with Crippen LogP contribution in [0.2, 0.25) is 0 Å². The van der Waals surface area contributed by atoms with Crippen LogP contribution in [0.4, 0.5) is 0 Å². The van der Waals surface area contributed by atoms with Crippen LogP contribution < -0.4 is 0 Å². The zero-order valence-corrected chi connectivity index (χ0v) is 7.92. The molecule has 0 saturated carbocycles. The topological polar surface area (TPSA) is 315 Å². The van der Waals surface area contributed by atoms with Gasteiger partial charge in [0.15, 0.2) is 0 Å². The quantitative estimate of drug-likeness (QED) is 0.343. The van der Waals surface area contributed by atoms with E-state index in [-0.39, 0.29) is 92.5 Å². The average molecular weight is 220 g/mol. The van der Waals surface area contributed by atoms with Gasteiger partial charge in [0.1, 0.15) is 0 Å². The fourth-order valence-electron chi connectivity index (χ4n) is 0. The Kier molecular flexibility index (Phi) is 246000. The molecule has 0 fully saturated rings. The van der Waals surface area contributed by atoms with E-state index in [9.17, 15) is 0 Å². The molecule has 0 aromatic carbocycles. The fourth-order valence-corrected chi connectivity index (χ4v) is 0. The molecule has 10 nitrogen and oxygen atoms in total. The minimum Gasteiger partial charge on any atom is -0.412 e. The molecule has 0 spiro atoms. The summed E-state index contributed by atoms with van der Waals surface area (Å²) < 4.78 is 0. The van der Waals surface area contributed by atoms with Crippen LogP contribution >= 0.6 is 0 Å². The Morgan fingerprint density at radius 3 is 0.182 bits per heavy atom. The smallest absolute Gasteiger partial charge is 0.412 e. The van der Waals surface area contributed by atoms with E-state index in [1.54, 1.807) is 0 Å². The molecule has 0 amide bonds. The summed E-state index contributed by atoms with van der Waals surface area (Å²) in [5, 5.41) is 0. The first-order valence-electron chi connectivity index (χ1n) is 0. The van der Waals surface area contributed by atoms with Crippen LogP contribution in [0.5, 0.6) is 0 Å². The molecule has 0 heterocycles. The van der Waals surface area contributed by atoms with E-state index >= 15 is 0 Å². The third-order valence-corrected chi connectivity index (χ3v) is 0. The molecule has 0 saturated heterocycles. The van der Waals surface area contributed by atoms with E-state index in [1.165, 1.54) is 0 Å². The molecular formula is H20CaO10+2. The molecule has 0 aliphatic heterocycles. The molecule has 0 unspecified atom stereocenters. The largest absolute Gasteiger partial charge is 2.00 e. The maximum atomic E-state index is 0. The predicted molar refractivity (Wildman–Crippen MR) is 41.9 cm³/mol. The van der Waals surface area contributed by atoms with E-state index in [2.05, 4.69) is 0 Å². The second-order valence-electron chi connectivity index (χ2n) is 0. The van der Waals surface area contributed by atoms with Gasteiger partial charge in [0, 0.05) is 0 Å². The SMILES string of the molecule is O.O.O.O.O.O.O.O.O.O.[Ca+2]. The van der Waals surface area contributed by atoms with Crippen LogP contribution in [0.1, 0.15) is 0 Å². The molecule has 0 aliphatic carbocycles. The molecule has 80 valence electrons. The summed E-state index contributed by atoms with van der Waals surface area (Å²) >= 11 is 0. The van der Waals surface area contributed by atoms with Crippen molar-refractivity contribution in [3.8, 4) is 0 Å². The average Bonchev–Trinajstić information content (AvgIpc) is 0. The molecule has 20 N–H and O–H groups in total. The Morgan fingerprint density at radius 2 is 0.182 bits per heavy atom. The first kappa shape index (κ1) is 1890. The summed E-state index contributed by atoms with van der Waals surface area (Å²) in [5.74, 6) is 0. The maximum Gasteiger partial charge on any atom is 2.00 e. The molecule has 0 aromatic heterocycles. The van der Waals surface area contributed by atoms with Crippen molar-refractivity contribution in [3.63, 3.8) is 0 Å². The number of hydrogen-bond acceptors (Lipinski definition) is 0. The zero-order valence-electron chi connectivity index (χ0n) is 5.71. The van der Waals surface area contributed by atoms with Crippen LogP contribution in [0.3, 0.4) is 0 Å². The van der Waals surface area contributed by atoms with Gasteiger partial charge in [0.25, 0.3) is 0 Å². The van der Waals surface area contributed by atoms with E-state index in [4.69, 9.17) is 0 Å². The molecular weight excluding hydrogens is 200 g/mol. The minimum absolute atomic E-state index is 0. The second-order valence-corrected chi connectivity index (χ2v) is 0. The van der Waals surface area contributed by atoms with Gasteiger partial charge < -0.3 is 54.8 Å². The van der Waals surface area contributed by atoms with Crippen LogP contribution in [-0.2, 0) is 0 Å². The normalized spacial score (nSPS) is 0. The number of hydrogen-bond donors (Lipinski definition) is 0. The van der Waals surface area contributed by atoms with Crippen LogP contribution in [-0.4, -0.2) is 92.5 Å². The van der Waals surface area contributed by atoms with Crippen molar-refractivity contribution in [1.29, 1.82) is 0 Å². The second kappa shape index (κ2) is 1430. The van der Waals surface area contributed by atoms with E-state index in [1.807, 2.05) is 0 Å². The van der Waals surface area contributed by atoms with Crippen LogP contribution in [0.15, 0.2) is 0 Å². The van der Waals surface area contributed by atoms with Gasteiger partial charge in [-0.25, -0.2) is 0 Å². The van der Waals surface area contributed by atoms with Crippen LogP contribution in [0, 0.1) is 0 Å². The summed E-state index contributed by atoms with van der Waals surface area (Å²) in [4.78, 5) is 0. The van der Waals surface area contributed by atoms with E-state index in [0.717, 1.165) is 0 Å². The molecule has 0 radical (unpaired) electrons. The van der Waals surface area contributed by atoms with Crippen molar-refractivity contribution in [2.75, 3.05) is 0 Å². The third-order valence-electron chi connectivity index (χ3n) is 0. The van der Waals surface area contributed by atoms with Crippen molar-refractivity contribution >= 4 is 37.7 Å².